The number of aromatic amines is 1. The Bertz CT molecular complexity index is 1140. The van der Waals surface area contributed by atoms with E-state index in [1.54, 1.807) is 11.3 Å². The van der Waals surface area contributed by atoms with Gasteiger partial charge in [-0.25, -0.2) is 4.98 Å². The zero-order valence-corrected chi connectivity index (χ0v) is 19.3. The molecule has 30 heavy (non-hydrogen) atoms. The van der Waals surface area contributed by atoms with E-state index in [4.69, 9.17) is 0 Å². The van der Waals surface area contributed by atoms with Crippen LogP contribution in [0.25, 0.3) is 10.2 Å². The van der Waals surface area contributed by atoms with E-state index in [1.807, 2.05) is 17.0 Å². The number of nitrogens with zero attached hydrogens (tertiary/aromatic N) is 2. The molecule has 1 aliphatic rings. The third-order valence-electron chi connectivity index (χ3n) is 5.91. The topological polar surface area (TPSA) is 66.1 Å². The first-order chi connectivity index (χ1) is 14.5. The van der Waals surface area contributed by atoms with Gasteiger partial charge in [-0.15, -0.1) is 11.3 Å². The Morgan fingerprint density at radius 3 is 2.87 bits per heavy atom. The predicted octanol–water partition coefficient (Wildman–Crippen LogP) is 4.56. The number of thiophene rings is 1. The van der Waals surface area contributed by atoms with Crippen LogP contribution in [-0.4, -0.2) is 33.1 Å². The number of thioether (sulfide) groups is 1. The molecule has 4 rings (SSSR count). The van der Waals surface area contributed by atoms with E-state index < -0.39 is 0 Å². The minimum atomic E-state index is -0.0931. The first kappa shape index (κ1) is 21.1. The maximum atomic E-state index is 12.8. The van der Waals surface area contributed by atoms with Crippen molar-refractivity contribution in [2.24, 2.45) is 5.92 Å². The molecular weight excluding hydrogens is 414 g/mol. The zero-order valence-electron chi connectivity index (χ0n) is 17.7. The van der Waals surface area contributed by atoms with E-state index in [2.05, 4.69) is 42.9 Å². The molecule has 3 aromatic rings. The summed E-state index contributed by atoms with van der Waals surface area (Å²) in [7, 11) is 0. The van der Waals surface area contributed by atoms with Gasteiger partial charge in [0.2, 0.25) is 5.91 Å². The third-order valence-corrected chi connectivity index (χ3v) is 7.81. The van der Waals surface area contributed by atoms with Crippen LogP contribution in [-0.2, 0) is 24.2 Å². The highest BCUT2D eigenvalue weighted by Crippen LogP contribution is 2.30. The largest absolute Gasteiger partial charge is 0.337 e. The van der Waals surface area contributed by atoms with Crippen molar-refractivity contribution in [2.45, 2.75) is 51.7 Å². The first-order valence-corrected chi connectivity index (χ1v) is 12.3. The Morgan fingerprint density at radius 1 is 1.33 bits per heavy atom. The fraction of sp³-hybridized carbons (Fsp3) is 0.435. The van der Waals surface area contributed by atoms with Crippen molar-refractivity contribution < 1.29 is 4.79 Å². The first-order valence-electron chi connectivity index (χ1n) is 10.5. The van der Waals surface area contributed by atoms with Gasteiger partial charge >= 0.3 is 0 Å². The summed E-state index contributed by atoms with van der Waals surface area (Å²) in [5, 5.41) is 1.25. The molecule has 1 atom stereocenters. The second-order valence-corrected chi connectivity index (χ2v) is 10.2. The molecule has 0 aliphatic carbocycles. The van der Waals surface area contributed by atoms with Crippen molar-refractivity contribution in [1.29, 1.82) is 0 Å². The summed E-state index contributed by atoms with van der Waals surface area (Å²) in [6, 6.07) is 8.29. The molecular formula is C23H27N3O2S2. The number of aromatic nitrogens is 2. The molecule has 1 unspecified atom stereocenters. The van der Waals surface area contributed by atoms with Crippen LogP contribution in [0.5, 0.6) is 0 Å². The molecule has 158 valence electrons. The van der Waals surface area contributed by atoms with Crippen LogP contribution in [0.3, 0.4) is 0 Å². The molecule has 1 aliphatic heterocycles. The van der Waals surface area contributed by atoms with Gasteiger partial charge in [0.25, 0.3) is 5.56 Å². The number of rotatable bonds is 6. The lowest BCUT2D eigenvalue weighted by Gasteiger charge is -2.28. The minimum absolute atomic E-state index is 0.0806. The van der Waals surface area contributed by atoms with Crippen LogP contribution in [0, 0.1) is 12.8 Å². The van der Waals surface area contributed by atoms with E-state index in [9.17, 15) is 9.59 Å². The maximum Gasteiger partial charge on any atom is 0.260 e. The summed E-state index contributed by atoms with van der Waals surface area (Å²) in [5.41, 5.74) is 3.58. The molecule has 2 aromatic heterocycles. The van der Waals surface area contributed by atoms with Gasteiger partial charge in [-0.3, -0.25) is 9.59 Å². The number of amides is 1. The standard InChI is InChI=1S/C23H27N3O2S2/c1-4-14(2)11-18-15(3)30-22-20(18)21(28)24-23(25-22)29-13-19(27)26-10-9-16-7-5-6-8-17(16)12-26/h5-8,14H,4,9-13H2,1-3H3,(H,24,25,28). The molecule has 0 bridgehead atoms. The molecule has 0 saturated heterocycles. The van der Waals surface area contributed by atoms with Gasteiger partial charge < -0.3 is 9.88 Å². The molecule has 1 aromatic carbocycles. The number of aryl methyl sites for hydroxylation is 1. The second kappa shape index (κ2) is 8.94. The molecule has 0 radical (unpaired) electrons. The second-order valence-electron chi connectivity index (χ2n) is 8.03. The quantitative estimate of drug-likeness (QED) is 0.450. The molecule has 0 spiro atoms. The molecule has 3 heterocycles. The lowest BCUT2D eigenvalue weighted by molar-refractivity contribution is -0.129. The van der Waals surface area contributed by atoms with Crippen molar-refractivity contribution in [3.05, 3.63) is 56.2 Å². The van der Waals surface area contributed by atoms with E-state index in [1.165, 1.54) is 22.9 Å². The molecule has 5 nitrogen and oxygen atoms in total. The Hall–Kier alpha value is -2.12. The molecule has 0 fully saturated rings. The van der Waals surface area contributed by atoms with E-state index in [-0.39, 0.29) is 17.2 Å². The van der Waals surface area contributed by atoms with E-state index >= 15 is 0 Å². The van der Waals surface area contributed by atoms with Crippen LogP contribution in [0.2, 0.25) is 0 Å². The highest BCUT2D eigenvalue weighted by atomic mass is 32.2. The number of nitrogens with one attached hydrogen (secondary N) is 1. The third kappa shape index (κ3) is 4.32. The number of carbonyl (C=O) groups is 1. The lowest BCUT2D eigenvalue weighted by Crippen LogP contribution is -2.37. The van der Waals surface area contributed by atoms with Crippen LogP contribution < -0.4 is 5.56 Å². The summed E-state index contributed by atoms with van der Waals surface area (Å²) in [5.74, 6) is 0.889. The molecule has 1 amide bonds. The normalized spacial score (nSPS) is 14.7. The zero-order chi connectivity index (χ0) is 21.3. The number of H-pyrrole nitrogens is 1. The van der Waals surface area contributed by atoms with Gasteiger partial charge in [-0.2, -0.15) is 0 Å². The van der Waals surface area contributed by atoms with Crippen LogP contribution >= 0.6 is 23.1 Å². The smallest absolute Gasteiger partial charge is 0.260 e. The average molecular weight is 442 g/mol. The SMILES string of the molecule is CCC(C)Cc1c(C)sc2nc(SCC(=O)N3CCc4ccccc4C3)[nH]c(=O)c12. The fourth-order valence-corrected chi connectivity index (χ4v) is 5.77. The lowest BCUT2D eigenvalue weighted by atomic mass is 9.98. The number of carbonyl (C=O) groups excluding carboxylic acids is 1. The Labute approximate surface area is 184 Å². The number of hydrogen-bond acceptors (Lipinski definition) is 5. The van der Waals surface area contributed by atoms with Gasteiger partial charge in [0, 0.05) is 18.0 Å². The highest BCUT2D eigenvalue weighted by Gasteiger charge is 2.21. The van der Waals surface area contributed by atoms with Gasteiger partial charge in [0.1, 0.15) is 4.83 Å². The summed E-state index contributed by atoms with van der Waals surface area (Å²) in [6.45, 7) is 7.83. The summed E-state index contributed by atoms with van der Waals surface area (Å²) in [4.78, 5) is 36.9. The van der Waals surface area contributed by atoms with Crippen molar-refractivity contribution in [3.63, 3.8) is 0 Å². The van der Waals surface area contributed by atoms with Crippen molar-refractivity contribution in [1.82, 2.24) is 14.9 Å². The number of benzene rings is 1. The van der Waals surface area contributed by atoms with Crippen molar-refractivity contribution in [2.75, 3.05) is 12.3 Å². The molecule has 7 heteroatoms. The maximum absolute atomic E-state index is 12.8. The van der Waals surface area contributed by atoms with Crippen molar-refractivity contribution in [3.8, 4) is 0 Å². The number of fused-ring (bicyclic) bond motifs is 2. The van der Waals surface area contributed by atoms with Crippen LogP contribution in [0.4, 0.5) is 0 Å². The van der Waals surface area contributed by atoms with Gasteiger partial charge in [-0.05, 0) is 42.4 Å². The fourth-order valence-electron chi connectivity index (χ4n) is 3.89. The molecule has 0 saturated carbocycles. The van der Waals surface area contributed by atoms with E-state index in [0.29, 0.717) is 17.6 Å². The average Bonchev–Trinajstić information content (AvgIpc) is 3.06. The van der Waals surface area contributed by atoms with E-state index in [0.717, 1.165) is 46.5 Å². The van der Waals surface area contributed by atoms with Gasteiger partial charge in [-0.1, -0.05) is 56.3 Å². The predicted molar refractivity (Wildman–Crippen MR) is 124 cm³/mol. The van der Waals surface area contributed by atoms with Crippen LogP contribution in [0.1, 0.15) is 41.8 Å². The molecule has 1 N–H and O–H groups in total. The summed E-state index contributed by atoms with van der Waals surface area (Å²) in [6.07, 6.45) is 2.87. The Kier molecular flexibility index (Phi) is 6.29. The summed E-state index contributed by atoms with van der Waals surface area (Å²) < 4.78 is 0. The highest BCUT2D eigenvalue weighted by molar-refractivity contribution is 7.99. The number of hydrogen-bond donors (Lipinski definition) is 1. The summed E-state index contributed by atoms with van der Waals surface area (Å²) >= 11 is 2.89. The van der Waals surface area contributed by atoms with Crippen LogP contribution in [0.15, 0.2) is 34.2 Å². The Balaban J connectivity index is 1.47. The van der Waals surface area contributed by atoms with Gasteiger partial charge in [0.15, 0.2) is 5.16 Å². The minimum Gasteiger partial charge on any atom is -0.337 e. The van der Waals surface area contributed by atoms with Gasteiger partial charge in [0.05, 0.1) is 11.1 Å². The Morgan fingerprint density at radius 2 is 2.10 bits per heavy atom. The monoisotopic (exact) mass is 441 g/mol. The van der Waals surface area contributed by atoms with Crippen molar-refractivity contribution >= 4 is 39.2 Å².